The zero-order valence-corrected chi connectivity index (χ0v) is 12.5. The Hall–Kier alpha value is -3.22. The SMILES string of the molecule is CN1NC(c2ccc(NC(=O)c3ccccn3)cc2)=NCC1=O. The second-order valence-electron chi connectivity index (χ2n) is 4.98. The van der Waals surface area contributed by atoms with Gasteiger partial charge in [-0.3, -0.25) is 30.0 Å². The van der Waals surface area contributed by atoms with Crippen LogP contribution in [0.2, 0.25) is 0 Å². The molecule has 1 aliphatic heterocycles. The van der Waals surface area contributed by atoms with E-state index in [1.54, 1.807) is 43.6 Å². The van der Waals surface area contributed by atoms with E-state index in [0.717, 1.165) is 5.56 Å². The zero-order chi connectivity index (χ0) is 16.2. The molecule has 0 radical (unpaired) electrons. The Labute approximate surface area is 133 Å². The third-order valence-corrected chi connectivity index (χ3v) is 3.33. The van der Waals surface area contributed by atoms with Gasteiger partial charge >= 0.3 is 0 Å². The number of amidine groups is 1. The Balaban J connectivity index is 1.70. The van der Waals surface area contributed by atoms with Crippen molar-refractivity contribution < 1.29 is 9.59 Å². The molecule has 1 aliphatic rings. The maximum atomic E-state index is 12.0. The van der Waals surface area contributed by atoms with Gasteiger partial charge in [0.2, 0.25) is 0 Å². The van der Waals surface area contributed by atoms with E-state index in [9.17, 15) is 9.59 Å². The lowest BCUT2D eigenvalue weighted by Crippen LogP contribution is -2.48. The van der Waals surface area contributed by atoms with Gasteiger partial charge in [0, 0.05) is 24.5 Å². The molecule has 0 spiro atoms. The van der Waals surface area contributed by atoms with E-state index in [1.807, 2.05) is 12.1 Å². The summed E-state index contributed by atoms with van der Waals surface area (Å²) in [5.41, 5.74) is 4.75. The highest BCUT2D eigenvalue weighted by atomic mass is 16.2. The summed E-state index contributed by atoms with van der Waals surface area (Å²) in [6.45, 7) is 0.122. The first kappa shape index (κ1) is 14.7. The Morgan fingerprint density at radius 3 is 2.65 bits per heavy atom. The van der Waals surface area contributed by atoms with E-state index in [0.29, 0.717) is 17.2 Å². The lowest BCUT2D eigenvalue weighted by molar-refractivity contribution is -0.130. The topological polar surface area (TPSA) is 86.7 Å². The number of amides is 2. The van der Waals surface area contributed by atoms with E-state index < -0.39 is 0 Å². The first-order valence-corrected chi connectivity index (χ1v) is 7.04. The molecule has 0 saturated carbocycles. The highest BCUT2D eigenvalue weighted by Gasteiger charge is 2.17. The average Bonchev–Trinajstić information content (AvgIpc) is 2.59. The minimum absolute atomic E-state index is 0.0898. The Morgan fingerprint density at radius 1 is 1.22 bits per heavy atom. The van der Waals surface area contributed by atoms with Gasteiger partial charge in [0.05, 0.1) is 0 Å². The van der Waals surface area contributed by atoms with Crippen molar-refractivity contribution in [3.8, 4) is 0 Å². The third kappa shape index (κ3) is 3.34. The van der Waals surface area contributed by atoms with Crippen LogP contribution in [0.15, 0.2) is 53.7 Å². The zero-order valence-electron chi connectivity index (χ0n) is 12.5. The van der Waals surface area contributed by atoms with Crippen molar-refractivity contribution in [2.75, 3.05) is 18.9 Å². The first-order chi connectivity index (χ1) is 11.1. The summed E-state index contributed by atoms with van der Waals surface area (Å²) in [7, 11) is 1.65. The van der Waals surface area contributed by atoms with Crippen LogP contribution < -0.4 is 10.7 Å². The number of benzene rings is 1. The van der Waals surface area contributed by atoms with Gasteiger partial charge in [-0.1, -0.05) is 6.07 Å². The number of aromatic nitrogens is 1. The number of rotatable bonds is 3. The van der Waals surface area contributed by atoms with Gasteiger partial charge in [-0.25, -0.2) is 0 Å². The number of likely N-dealkylation sites (N-methyl/N-ethyl adjacent to an activating group) is 1. The Bertz CT molecular complexity index is 756. The molecule has 0 aliphatic carbocycles. The van der Waals surface area contributed by atoms with Crippen molar-refractivity contribution in [3.05, 3.63) is 59.9 Å². The maximum Gasteiger partial charge on any atom is 0.274 e. The number of pyridine rings is 1. The second kappa shape index (κ2) is 6.27. The van der Waals surface area contributed by atoms with Crippen molar-refractivity contribution >= 4 is 23.3 Å². The molecule has 1 aromatic carbocycles. The number of aliphatic imine (C=N–C) groups is 1. The number of nitrogens with zero attached hydrogens (tertiary/aromatic N) is 3. The van der Waals surface area contributed by atoms with Crippen LogP contribution >= 0.6 is 0 Å². The fourth-order valence-corrected chi connectivity index (χ4v) is 2.07. The van der Waals surface area contributed by atoms with Gasteiger partial charge in [0.1, 0.15) is 18.1 Å². The number of hydrazine groups is 1. The molecular weight excluding hydrogens is 294 g/mol. The van der Waals surface area contributed by atoms with Gasteiger partial charge in [-0.15, -0.1) is 0 Å². The van der Waals surface area contributed by atoms with Gasteiger partial charge in [-0.2, -0.15) is 0 Å². The van der Waals surface area contributed by atoms with Crippen LogP contribution in [0.25, 0.3) is 0 Å². The quantitative estimate of drug-likeness (QED) is 0.887. The van der Waals surface area contributed by atoms with E-state index >= 15 is 0 Å². The van der Waals surface area contributed by atoms with Crippen LogP contribution in [0.1, 0.15) is 16.1 Å². The predicted octanol–water partition coefficient (Wildman–Crippen LogP) is 1.06. The molecule has 2 N–H and O–H groups in total. The molecule has 23 heavy (non-hydrogen) atoms. The van der Waals surface area contributed by atoms with Crippen molar-refractivity contribution in [2.24, 2.45) is 4.99 Å². The molecule has 3 rings (SSSR count). The van der Waals surface area contributed by atoms with E-state index in [-0.39, 0.29) is 18.4 Å². The molecule has 0 saturated heterocycles. The highest BCUT2D eigenvalue weighted by Crippen LogP contribution is 2.12. The van der Waals surface area contributed by atoms with Crippen molar-refractivity contribution in [1.82, 2.24) is 15.4 Å². The Morgan fingerprint density at radius 2 is 2.00 bits per heavy atom. The third-order valence-electron chi connectivity index (χ3n) is 3.33. The monoisotopic (exact) mass is 309 g/mol. The molecule has 2 amide bonds. The van der Waals surface area contributed by atoms with Crippen LogP contribution in [0.5, 0.6) is 0 Å². The normalized spacial score (nSPS) is 14.0. The molecule has 0 fully saturated rings. The molecule has 1 aromatic heterocycles. The largest absolute Gasteiger partial charge is 0.321 e. The standard InChI is InChI=1S/C16H15N5O2/c1-21-14(22)10-18-15(20-21)11-5-7-12(8-6-11)19-16(23)13-4-2-3-9-17-13/h2-9H,10H2,1H3,(H,18,20)(H,19,23). The molecule has 2 aromatic rings. The van der Waals surface area contributed by atoms with Crippen LogP contribution in [-0.4, -0.2) is 41.2 Å². The molecule has 2 heterocycles. The van der Waals surface area contributed by atoms with Crippen molar-refractivity contribution in [3.63, 3.8) is 0 Å². The number of hydrogen-bond donors (Lipinski definition) is 2. The van der Waals surface area contributed by atoms with Crippen LogP contribution in [-0.2, 0) is 4.79 Å². The summed E-state index contributed by atoms with van der Waals surface area (Å²) in [6, 6.07) is 12.4. The molecule has 0 unspecified atom stereocenters. The lowest BCUT2D eigenvalue weighted by Gasteiger charge is -2.24. The van der Waals surface area contributed by atoms with E-state index in [4.69, 9.17) is 0 Å². The predicted molar refractivity (Wildman–Crippen MR) is 85.9 cm³/mol. The van der Waals surface area contributed by atoms with Gasteiger partial charge in [-0.05, 0) is 36.4 Å². The molecule has 7 heteroatoms. The minimum atomic E-state index is -0.267. The number of carbonyl (C=O) groups excluding carboxylic acids is 2. The number of anilines is 1. The van der Waals surface area contributed by atoms with Crippen LogP contribution in [0.3, 0.4) is 0 Å². The molecule has 116 valence electrons. The fraction of sp³-hybridized carbons (Fsp3) is 0.125. The second-order valence-corrected chi connectivity index (χ2v) is 4.98. The summed E-state index contributed by atoms with van der Waals surface area (Å²) in [4.78, 5) is 31.6. The molecule has 0 bridgehead atoms. The summed E-state index contributed by atoms with van der Waals surface area (Å²) >= 11 is 0. The minimum Gasteiger partial charge on any atom is -0.321 e. The summed E-state index contributed by atoms with van der Waals surface area (Å²) in [6.07, 6.45) is 1.57. The smallest absolute Gasteiger partial charge is 0.274 e. The first-order valence-electron chi connectivity index (χ1n) is 7.04. The van der Waals surface area contributed by atoms with E-state index in [1.165, 1.54) is 5.01 Å². The molecule has 0 atom stereocenters. The van der Waals surface area contributed by atoms with Crippen molar-refractivity contribution in [2.45, 2.75) is 0 Å². The average molecular weight is 309 g/mol. The van der Waals surface area contributed by atoms with Gasteiger partial charge in [0.15, 0.2) is 0 Å². The summed E-state index contributed by atoms with van der Waals surface area (Å²) in [5, 5.41) is 4.18. The number of carbonyl (C=O) groups is 2. The van der Waals surface area contributed by atoms with Crippen LogP contribution in [0.4, 0.5) is 5.69 Å². The summed E-state index contributed by atoms with van der Waals surface area (Å²) < 4.78 is 0. The van der Waals surface area contributed by atoms with Gasteiger partial charge in [0.25, 0.3) is 11.8 Å². The number of nitrogens with one attached hydrogen (secondary N) is 2. The number of hydrogen-bond acceptors (Lipinski definition) is 5. The van der Waals surface area contributed by atoms with E-state index in [2.05, 4.69) is 20.7 Å². The fourth-order valence-electron chi connectivity index (χ4n) is 2.07. The lowest BCUT2D eigenvalue weighted by atomic mass is 10.2. The molecule has 7 nitrogen and oxygen atoms in total. The van der Waals surface area contributed by atoms with Crippen molar-refractivity contribution in [1.29, 1.82) is 0 Å². The summed E-state index contributed by atoms with van der Waals surface area (Å²) in [5.74, 6) is 0.263. The highest BCUT2D eigenvalue weighted by molar-refractivity contribution is 6.04. The maximum absolute atomic E-state index is 12.0. The van der Waals surface area contributed by atoms with Gasteiger partial charge < -0.3 is 5.32 Å². The van der Waals surface area contributed by atoms with Crippen LogP contribution in [0, 0.1) is 0 Å². The molecular formula is C16H15N5O2. The Kier molecular flexibility index (Phi) is 4.01.